The van der Waals surface area contributed by atoms with E-state index in [0.717, 1.165) is 16.4 Å². The first kappa shape index (κ1) is 26.8. The van der Waals surface area contributed by atoms with E-state index in [1.54, 1.807) is 4.72 Å². The van der Waals surface area contributed by atoms with E-state index in [9.17, 15) is 38.4 Å². The molecular formula is C20H22F3N3O7S3. The third kappa shape index (κ3) is 4.71. The van der Waals surface area contributed by atoms with Gasteiger partial charge in [0, 0.05) is 31.4 Å². The van der Waals surface area contributed by atoms with Gasteiger partial charge < -0.3 is 4.74 Å². The fraction of sp³-hybridized carbons (Fsp3) is 0.450. The van der Waals surface area contributed by atoms with Crippen molar-refractivity contribution in [1.82, 2.24) is 14.0 Å². The minimum Gasteiger partial charge on any atom is -0.497 e. The SMILES string of the molecule is COc1ccc(S(=O)(=O)N2CCC3(CC2)CC3NS(=O)(=O)C(F)(F)F)c(S(=O)(=O)c2ccccn2)c1. The van der Waals surface area contributed by atoms with Crippen molar-refractivity contribution in [2.24, 2.45) is 5.41 Å². The number of piperidine rings is 1. The number of nitrogens with one attached hydrogen (secondary N) is 1. The summed E-state index contributed by atoms with van der Waals surface area (Å²) >= 11 is 0. The average Bonchev–Trinajstić information content (AvgIpc) is 3.48. The molecule has 1 spiro atoms. The summed E-state index contributed by atoms with van der Waals surface area (Å²) in [5.41, 5.74) is -6.22. The van der Waals surface area contributed by atoms with E-state index in [1.807, 2.05) is 0 Å². The second-order valence-corrected chi connectivity index (χ2v) is 14.1. The fourth-order valence-electron chi connectivity index (χ4n) is 4.29. The third-order valence-electron chi connectivity index (χ3n) is 6.48. The number of sulfonamides is 2. The summed E-state index contributed by atoms with van der Waals surface area (Å²) in [7, 11) is -12.9. The van der Waals surface area contributed by atoms with Crippen molar-refractivity contribution in [3.05, 3.63) is 42.6 Å². The molecule has 2 fully saturated rings. The number of ether oxygens (including phenoxy) is 1. The Labute approximate surface area is 206 Å². The Kier molecular flexibility index (Phi) is 6.65. The first-order valence-electron chi connectivity index (χ1n) is 10.6. The highest BCUT2D eigenvalue weighted by molar-refractivity contribution is 7.93. The number of nitrogens with zero attached hydrogens (tertiary/aromatic N) is 2. The second kappa shape index (κ2) is 8.93. The van der Waals surface area contributed by atoms with E-state index in [2.05, 4.69) is 4.98 Å². The van der Waals surface area contributed by atoms with Crippen LogP contribution in [0.5, 0.6) is 5.75 Å². The predicted molar refractivity (Wildman–Crippen MR) is 120 cm³/mol. The van der Waals surface area contributed by atoms with Gasteiger partial charge in [-0.25, -0.2) is 35.0 Å². The van der Waals surface area contributed by atoms with E-state index in [0.29, 0.717) is 0 Å². The summed E-state index contributed by atoms with van der Waals surface area (Å²) in [6, 6.07) is 6.74. The van der Waals surface area contributed by atoms with Gasteiger partial charge in [0.25, 0.3) is 0 Å². The van der Waals surface area contributed by atoms with E-state index in [4.69, 9.17) is 4.74 Å². The standard InChI is InChI=1S/C20H22F3N3O7S3/c1-33-14-5-6-15(16(12-14)34(27,28)18-4-2-3-9-24-18)35(29,30)26-10-7-19(8-11-26)13-17(19)25-36(31,32)20(21,22)23/h2-6,9,12,17,25H,7-8,10-11,13H2,1H3. The minimum absolute atomic E-state index is 0.107. The number of pyridine rings is 1. The molecule has 1 atom stereocenters. The maximum absolute atomic E-state index is 13.5. The van der Waals surface area contributed by atoms with Crippen LogP contribution in [0.15, 0.2) is 57.4 Å². The van der Waals surface area contributed by atoms with Crippen LogP contribution >= 0.6 is 0 Å². The van der Waals surface area contributed by atoms with Gasteiger partial charge in [0.2, 0.25) is 19.9 Å². The number of rotatable bonds is 7. The van der Waals surface area contributed by atoms with Crippen molar-refractivity contribution in [3.63, 3.8) is 0 Å². The van der Waals surface area contributed by atoms with Crippen molar-refractivity contribution in [2.45, 2.75) is 45.6 Å². The van der Waals surface area contributed by atoms with Crippen molar-refractivity contribution < 1.29 is 43.2 Å². The molecule has 0 radical (unpaired) electrons. The predicted octanol–water partition coefficient (Wildman–Crippen LogP) is 1.91. The molecule has 1 aromatic heterocycles. The normalized spacial score (nSPS) is 20.8. The van der Waals surface area contributed by atoms with Crippen LogP contribution in [0.25, 0.3) is 0 Å². The first-order chi connectivity index (χ1) is 16.6. The van der Waals surface area contributed by atoms with Crippen LogP contribution in [0.2, 0.25) is 0 Å². The Balaban J connectivity index is 1.59. The van der Waals surface area contributed by atoms with Gasteiger partial charge in [0.05, 0.1) is 12.0 Å². The lowest BCUT2D eigenvalue weighted by Crippen LogP contribution is -2.44. The van der Waals surface area contributed by atoms with Crippen molar-refractivity contribution >= 4 is 29.9 Å². The largest absolute Gasteiger partial charge is 0.511 e. The number of hydrogen-bond donors (Lipinski definition) is 1. The summed E-state index contributed by atoms with van der Waals surface area (Å²) in [5.74, 6) is 0.110. The summed E-state index contributed by atoms with van der Waals surface area (Å²) < 4.78 is 122. The van der Waals surface area contributed by atoms with Gasteiger partial charge in [-0.3, -0.25) is 0 Å². The number of benzene rings is 1. The molecule has 198 valence electrons. The Morgan fingerprint density at radius 3 is 2.25 bits per heavy atom. The number of alkyl halides is 3. The molecule has 1 saturated carbocycles. The quantitative estimate of drug-likeness (QED) is 0.534. The maximum Gasteiger partial charge on any atom is 0.511 e. The van der Waals surface area contributed by atoms with Gasteiger partial charge in [-0.1, -0.05) is 6.07 Å². The van der Waals surface area contributed by atoms with Gasteiger partial charge in [0.15, 0.2) is 5.03 Å². The molecule has 36 heavy (non-hydrogen) atoms. The molecule has 1 N–H and O–H groups in total. The second-order valence-electron chi connectivity index (χ2n) is 8.57. The smallest absolute Gasteiger partial charge is 0.497 e. The molecule has 4 rings (SSSR count). The van der Waals surface area contributed by atoms with Gasteiger partial charge in [-0.2, -0.15) is 17.5 Å². The highest BCUT2D eigenvalue weighted by Gasteiger charge is 2.60. The number of halogens is 3. The molecule has 1 saturated heterocycles. The topological polar surface area (TPSA) is 140 Å². The highest BCUT2D eigenvalue weighted by Crippen LogP contribution is 2.55. The Bertz CT molecular complexity index is 1470. The lowest BCUT2D eigenvalue weighted by Gasteiger charge is -2.32. The average molecular weight is 570 g/mol. The van der Waals surface area contributed by atoms with Crippen molar-refractivity contribution in [3.8, 4) is 5.75 Å². The van der Waals surface area contributed by atoms with E-state index < -0.39 is 56.6 Å². The van der Waals surface area contributed by atoms with Crippen molar-refractivity contribution in [1.29, 1.82) is 0 Å². The number of aromatic nitrogens is 1. The van der Waals surface area contributed by atoms with Gasteiger partial charge in [-0.15, -0.1) is 0 Å². The molecule has 1 aliphatic heterocycles. The highest BCUT2D eigenvalue weighted by atomic mass is 32.2. The van der Waals surface area contributed by atoms with Crippen molar-refractivity contribution in [2.75, 3.05) is 20.2 Å². The molecule has 16 heteroatoms. The lowest BCUT2D eigenvalue weighted by atomic mass is 9.94. The lowest BCUT2D eigenvalue weighted by molar-refractivity contribution is -0.0449. The Hall–Kier alpha value is -2.27. The molecule has 2 heterocycles. The van der Waals surface area contributed by atoms with Crippen LogP contribution in [0.3, 0.4) is 0 Å². The molecule has 10 nitrogen and oxygen atoms in total. The molecule has 0 bridgehead atoms. The van der Waals surface area contributed by atoms with Crippen LogP contribution in [0, 0.1) is 5.41 Å². The summed E-state index contributed by atoms with van der Waals surface area (Å²) in [5, 5.41) is -0.356. The number of sulfone groups is 1. The van der Waals surface area contributed by atoms with Crippen LogP contribution < -0.4 is 9.46 Å². The van der Waals surface area contributed by atoms with Gasteiger partial charge in [-0.05, 0) is 48.9 Å². The summed E-state index contributed by atoms with van der Waals surface area (Å²) in [6.45, 7) is -0.247. The summed E-state index contributed by atoms with van der Waals surface area (Å²) in [4.78, 5) is 2.81. The molecule has 1 aromatic carbocycles. The Morgan fingerprint density at radius 2 is 1.69 bits per heavy atom. The molecule has 2 aliphatic rings. The molecular weight excluding hydrogens is 547 g/mol. The van der Waals surface area contributed by atoms with E-state index in [1.165, 1.54) is 37.6 Å². The molecule has 1 unspecified atom stereocenters. The van der Waals surface area contributed by atoms with E-state index in [-0.39, 0.29) is 43.1 Å². The fourth-order valence-corrected chi connectivity index (χ4v) is 8.56. The van der Waals surface area contributed by atoms with Gasteiger partial charge >= 0.3 is 15.5 Å². The third-order valence-corrected chi connectivity index (χ3v) is 11.5. The maximum atomic E-state index is 13.5. The zero-order valence-electron chi connectivity index (χ0n) is 18.8. The zero-order chi connectivity index (χ0) is 26.6. The monoisotopic (exact) mass is 569 g/mol. The van der Waals surface area contributed by atoms with Crippen LogP contribution in [-0.2, 0) is 29.9 Å². The van der Waals surface area contributed by atoms with Gasteiger partial charge in [0.1, 0.15) is 10.6 Å². The summed E-state index contributed by atoms with van der Waals surface area (Å²) in [6.07, 6.45) is 1.62. The van der Waals surface area contributed by atoms with Crippen LogP contribution in [0.1, 0.15) is 19.3 Å². The van der Waals surface area contributed by atoms with Crippen LogP contribution in [-0.4, -0.2) is 66.3 Å². The van der Waals surface area contributed by atoms with Crippen LogP contribution in [0.4, 0.5) is 13.2 Å². The van der Waals surface area contributed by atoms with E-state index >= 15 is 0 Å². The first-order valence-corrected chi connectivity index (χ1v) is 15.0. The number of methoxy groups -OCH3 is 1. The molecule has 2 aromatic rings. The molecule has 0 amide bonds. The molecule has 1 aliphatic carbocycles. The zero-order valence-corrected chi connectivity index (χ0v) is 21.2. The Morgan fingerprint density at radius 1 is 1.03 bits per heavy atom. The number of hydrogen-bond acceptors (Lipinski definition) is 8. The minimum atomic E-state index is -5.52.